The second kappa shape index (κ2) is 9.45. The molecule has 0 spiro atoms. The molecule has 1 atom stereocenters. The van der Waals surface area contributed by atoms with Gasteiger partial charge < -0.3 is 9.64 Å². The third kappa shape index (κ3) is 5.39. The molecule has 0 aliphatic carbocycles. The van der Waals surface area contributed by atoms with E-state index in [-0.39, 0.29) is 28.9 Å². The highest BCUT2D eigenvalue weighted by Gasteiger charge is 2.28. The summed E-state index contributed by atoms with van der Waals surface area (Å²) in [5.74, 6) is 0.481. The molecular weight excluding hydrogens is 390 g/mol. The van der Waals surface area contributed by atoms with E-state index in [1.54, 1.807) is 48.5 Å². The normalized spacial score (nSPS) is 17.3. The number of hydrogen-bond donors (Lipinski definition) is 0. The molecular formula is C21H27N3O4S. The molecule has 156 valence electrons. The largest absolute Gasteiger partial charge is 0.380 e. The van der Waals surface area contributed by atoms with Gasteiger partial charge in [0.15, 0.2) is 9.84 Å². The van der Waals surface area contributed by atoms with Crippen molar-refractivity contribution in [1.82, 2.24) is 14.9 Å². The van der Waals surface area contributed by atoms with Crippen LogP contribution in [0.4, 0.5) is 0 Å². The monoisotopic (exact) mass is 417 g/mol. The van der Waals surface area contributed by atoms with Gasteiger partial charge in [-0.1, -0.05) is 18.2 Å². The molecule has 1 aromatic heterocycles. The topological polar surface area (TPSA) is 89.5 Å². The molecule has 2 heterocycles. The molecule has 1 amide bonds. The van der Waals surface area contributed by atoms with Gasteiger partial charge in [0, 0.05) is 44.3 Å². The molecule has 7 nitrogen and oxygen atoms in total. The Morgan fingerprint density at radius 1 is 1.28 bits per heavy atom. The van der Waals surface area contributed by atoms with Crippen LogP contribution in [-0.4, -0.2) is 55.1 Å². The van der Waals surface area contributed by atoms with Crippen molar-refractivity contribution in [3.8, 4) is 0 Å². The number of ether oxygens (including phenoxy) is 1. The fourth-order valence-electron chi connectivity index (χ4n) is 3.68. The van der Waals surface area contributed by atoms with Crippen molar-refractivity contribution in [2.24, 2.45) is 0 Å². The molecule has 1 fully saturated rings. The highest BCUT2D eigenvalue weighted by atomic mass is 32.2. The van der Waals surface area contributed by atoms with Gasteiger partial charge >= 0.3 is 0 Å². The number of carbonyl (C=O) groups is 1. The smallest absolute Gasteiger partial charge is 0.223 e. The molecule has 0 saturated carbocycles. The van der Waals surface area contributed by atoms with E-state index in [0.717, 1.165) is 24.1 Å². The van der Waals surface area contributed by atoms with Gasteiger partial charge in [0.25, 0.3) is 0 Å². The van der Waals surface area contributed by atoms with Gasteiger partial charge in [-0.25, -0.2) is 18.4 Å². The second-order valence-corrected chi connectivity index (χ2v) is 9.43. The van der Waals surface area contributed by atoms with Crippen LogP contribution in [0.5, 0.6) is 0 Å². The maximum Gasteiger partial charge on any atom is 0.223 e. The minimum absolute atomic E-state index is 0.0162. The minimum atomic E-state index is -3.46. The van der Waals surface area contributed by atoms with E-state index < -0.39 is 9.84 Å². The van der Waals surface area contributed by atoms with Gasteiger partial charge in [-0.2, -0.15) is 0 Å². The summed E-state index contributed by atoms with van der Waals surface area (Å²) in [5, 5.41) is 0. The lowest BCUT2D eigenvalue weighted by Crippen LogP contribution is -2.40. The number of carbonyl (C=O) groups excluding carboxylic acids is 1. The summed E-state index contributed by atoms with van der Waals surface area (Å²) in [7, 11) is -1.83. The third-order valence-electron chi connectivity index (χ3n) is 5.17. The summed E-state index contributed by atoms with van der Waals surface area (Å²) in [6.45, 7) is 3.46. The van der Waals surface area contributed by atoms with Crippen LogP contribution in [0.2, 0.25) is 0 Å². The van der Waals surface area contributed by atoms with Gasteiger partial charge in [-0.3, -0.25) is 4.79 Å². The summed E-state index contributed by atoms with van der Waals surface area (Å²) in [5.41, 5.74) is 1.86. The molecule has 29 heavy (non-hydrogen) atoms. The Kier molecular flexibility index (Phi) is 6.97. The quantitative estimate of drug-likeness (QED) is 0.688. The Bertz CT molecular complexity index is 948. The van der Waals surface area contributed by atoms with Crippen LogP contribution in [-0.2, 0) is 26.0 Å². The molecule has 8 heteroatoms. The number of piperidine rings is 1. The van der Waals surface area contributed by atoms with E-state index in [0.29, 0.717) is 25.5 Å². The zero-order valence-electron chi connectivity index (χ0n) is 16.9. The predicted octanol–water partition coefficient (Wildman–Crippen LogP) is 2.50. The molecule has 0 radical (unpaired) electrons. The maximum atomic E-state index is 12.7. The number of rotatable bonds is 7. The number of sulfone groups is 1. The van der Waals surface area contributed by atoms with Crippen molar-refractivity contribution >= 4 is 15.7 Å². The number of aromatic nitrogens is 2. The number of benzene rings is 1. The number of hydrogen-bond acceptors (Lipinski definition) is 6. The number of amides is 1. The highest BCUT2D eigenvalue weighted by Crippen LogP contribution is 2.28. The zero-order chi connectivity index (χ0) is 20.9. The lowest BCUT2D eigenvalue weighted by molar-refractivity contribution is -0.132. The van der Waals surface area contributed by atoms with Gasteiger partial charge in [-0.05, 0) is 31.9 Å². The number of methoxy groups -OCH3 is 1. The van der Waals surface area contributed by atoms with Crippen LogP contribution in [0, 0.1) is 6.92 Å². The van der Waals surface area contributed by atoms with Crippen molar-refractivity contribution in [3.05, 3.63) is 53.6 Å². The van der Waals surface area contributed by atoms with Crippen LogP contribution in [0.15, 0.2) is 41.4 Å². The first-order chi connectivity index (χ1) is 13.9. The summed E-state index contributed by atoms with van der Waals surface area (Å²) in [6.07, 6.45) is 3.56. The van der Waals surface area contributed by atoms with Crippen LogP contribution in [0.25, 0.3) is 0 Å². The Morgan fingerprint density at radius 3 is 2.76 bits per heavy atom. The van der Waals surface area contributed by atoms with E-state index in [2.05, 4.69) is 9.97 Å². The molecule has 1 aliphatic rings. The first kappa shape index (κ1) is 21.4. The van der Waals surface area contributed by atoms with E-state index in [4.69, 9.17) is 4.74 Å². The van der Waals surface area contributed by atoms with Crippen molar-refractivity contribution < 1.29 is 17.9 Å². The Labute approximate surface area is 172 Å². The first-order valence-corrected chi connectivity index (χ1v) is 11.4. The van der Waals surface area contributed by atoms with E-state index in [1.807, 2.05) is 6.92 Å². The molecule has 2 aromatic rings. The zero-order valence-corrected chi connectivity index (χ0v) is 17.7. The second-order valence-electron chi connectivity index (χ2n) is 7.32. The molecule has 1 saturated heterocycles. The van der Waals surface area contributed by atoms with Crippen molar-refractivity contribution in [2.75, 3.05) is 26.0 Å². The van der Waals surface area contributed by atoms with Crippen LogP contribution in [0.1, 0.15) is 42.3 Å². The Morgan fingerprint density at radius 2 is 2.03 bits per heavy atom. The van der Waals surface area contributed by atoms with Crippen molar-refractivity contribution in [2.45, 2.75) is 43.6 Å². The lowest BCUT2D eigenvalue weighted by Gasteiger charge is -2.33. The fraction of sp³-hybridized carbons (Fsp3) is 0.476. The summed E-state index contributed by atoms with van der Waals surface area (Å²) < 4.78 is 30.2. The standard InChI is InChI=1S/C21H27N3O4S/c1-16-22-13-18(15-28-2)21(23-16)17-7-6-11-24(14-17)20(25)10-12-29(26,27)19-8-4-3-5-9-19/h3-5,8-9,13,17H,6-7,10-12,14-15H2,1-2H3. The minimum Gasteiger partial charge on any atom is -0.380 e. The maximum absolute atomic E-state index is 12.7. The third-order valence-corrected chi connectivity index (χ3v) is 6.90. The average molecular weight is 418 g/mol. The molecule has 0 N–H and O–H groups in total. The summed E-state index contributed by atoms with van der Waals surface area (Å²) >= 11 is 0. The average Bonchev–Trinajstić information content (AvgIpc) is 2.74. The fourth-order valence-corrected chi connectivity index (χ4v) is 4.94. The number of nitrogens with zero attached hydrogens (tertiary/aromatic N) is 3. The molecule has 3 rings (SSSR count). The van der Waals surface area contributed by atoms with Crippen LogP contribution >= 0.6 is 0 Å². The van der Waals surface area contributed by atoms with Gasteiger partial charge in [0.2, 0.25) is 5.91 Å². The van der Waals surface area contributed by atoms with Gasteiger partial charge in [0.05, 0.1) is 22.9 Å². The van der Waals surface area contributed by atoms with E-state index in [1.165, 1.54) is 0 Å². The molecule has 1 aliphatic heterocycles. The Balaban J connectivity index is 1.66. The molecule has 0 bridgehead atoms. The number of aryl methyl sites for hydroxylation is 1. The van der Waals surface area contributed by atoms with E-state index in [9.17, 15) is 13.2 Å². The first-order valence-electron chi connectivity index (χ1n) is 9.77. The lowest BCUT2D eigenvalue weighted by atomic mass is 9.92. The number of likely N-dealkylation sites (tertiary alicyclic amines) is 1. The summed E-state index contributed by atoms with van der Waals surface area (Å²) in [6, 6.07) is 8.26. The van der Waals surface area contributed by atoms with Gasteiger partial charge in [-0.15, -0.1) is 0 Å². The van der Waals surface area contributed by atoms with Crippen molar-refractivity contribution in [3.63, 3.8) is 0 Å². The van der Waals surface area contributed by atoms with E-state index >= 15 is 0 Å². The predicted molar refractivity (Wildman–Crippen MR) is 109 cm³/mol. The Hall–Kier alpha value is -2.32. The molecule has 1 unspecified atom stereocenters. The van der Waals surface area contributed by atoms with Gasteiger partial charge in [0.1, 0.15) is 5.82 Å². The SMILES string of the molecule is COCc1cnc(C)nc1C1CCCN(C(=O)CCS(=O)(=O)c2ccccc2)C1. The van der Waals surface area contributed by atoms with Crippen LogP contribution in [0.3, 0.4) is 0 Å². The summed E-state index contributed by atoms with van der Waals surface area (Å²) in [4.78, 5) is 23.6. The highest BCUT2D eigenvalue weighted by molar-refractivity contribution is 7.91. The van der Waals surface area contributed by atoms with Crippen molar-refractivity contribution in [1.29, 1.82) is 0 Å². The van der Waals surface area contributed by atoms with Crippen LogP contribution < -0.4 is 0 Å². The molecule has 1 aromatic carbocycles.